The van der Waals surface area contributed by atoms with Crippen LogP contribution in [0.25, 0.3) is 0 Å². The Labute approximate surface area is 118 Å². The third kappa shape index (κ3) is 3.14. The first-order chi connectivity index (χ1) is 9.15. The number of nitrogens with zero attached hydrogens (tertiary/aromatic N) is 1. The maximum atomic E-state index is 5.52. The number of nitrogens with one attached hydrogen (secondary N) is 1. The summed E-state index contributed by atoms with van der Waals surface area (Å²) in [6.07, 6.45) is 3.65. The summed E-state index contributed by atoms with van der Waals surface area (Å²) in [6.45, 7) is 6.95. The summed E-state index contributed by atoms with van der Waals surface area (Å²) in [7, 11) is 1.97. The van der Waals surface area contributed by atoms with Crippen LogP contribution in [0.5, 0.6) is 5.75 Å². The van der Waals surface area contributed by atoms with Crippen molar-refractivity contribution in [1.82, 2.24) is 10.3 Å². The molecule has 2 aromatic heterocycles. The Balaban J connectivity index is 2.33. The Morgan fingerprint density at radius 3 is 2.68 bits per heavy atom. The Morgan fingerprint density at radius 2 is 2.11 bits per heavy atom. The molecule has 0 spiro atoms. The Bertz CT molecular complexity index is 531. The van der Waals surface area contributed by atoms with Crippen molar-refractivity contribution < 1.29 is 4.74 Å². The normalized spacial score (nSPS) is 12.4. The van der Waals surface area contributed by atoms with E-state index in [0.717, 1.165) is 11.3 Å². The van der Waals surface area contributed by atoms with Gasteiger partial charge in [0.25, 0.3) is 0 Å². The quantitative estimate of drug-likeness (QED) is 0.908. The lowest BCUT2D eigenvalue weighted by molar-refractivity contribution is 0.338. The van der Waals surface area contributed by atoms with Gasteiger partial charge in [-0.15, -0.1) is 11.3 Å². The highest BCUT2D eigenvalue weighted by molar-refractivity contribution is 7.12. The van der Waals surface area contributed by atoms with E-state index in [0.29, 0.717) is 6.61 Å². The van der Waals surface area contributed by atoms with Crippen molar-refractivity contribution in [3.63, 3.8) is 0 Å². The predicted octanol–water partition coefficient (Wildman–Crippen LogP) is 3.47. The van der Waals surface area contributed by atoms with E-state index in [-0.39, 0.29) is 6.04 Å². The second-order valence-electron chi connectivity index (χ2n) is 4.50. The molecule has 0 saturated heterocycles. The van der Waals surface area contributed by atoms with Gasteiger partial charge in [0.15, 0.2) is 0 Å². The van der Waals surface area contributed by atoms with Crippen LogP contribution in [-0.2, 0) is 0 Å². The van der Waals surface area contributed by atoms with Gasteiger partial charge in [-0.1, -0.05) is 0 Å². The molecule has 1 N–H and O–H groups in total. The van der Waals surface area contributed by atoms with Crippen molar-refractivity contribution in [2.45, 2.75) is 26.8 Å². The summed E-state index contributed by atoms with van der Waals surface area (Å²) in [5.74, 6) is 0.824. The van der Waals surface area contributed by atoms with Gasteiger partial charge in [0.1, 0.15) is 5.75 Å². The zero-order chi connectivity index (χ0) is 13.8. The van der Waals surface area contributed by atoms with Crippen LogP contribution in [-0.4, -0.2) is 18.6 Å². The van der Waals surface area contributed by atoms with E-state index >= 15 is 0 Å². The molecule has 2 heterocycles. The Hall–Kier alpha value is -1.39. The van der Waals surface area contributed by atoms with Crippen LogP contribution in [0.3, 0.4) is 0 Å². The van der Waals surface area contributed by atoms with Gasteiger partial charge in [0, 0.05) is 16.0 Å². The monoisotopic (exact) mass is 276 g/mol. The zero-order valence-corrected chi connectivity index (χ0v) is 12.7. The summed E-state index contributed by atoms with van der Waals surface area (Å²) in [6, 6.07) is 4.47. The SMILES string of the molecule is CCOc1cncc(C(NC)c2cc(C)c(C)s2)c1. The summed E-state index contributed by atoms with van der Waals surface area (Å²) >= 11 is 1.83. The molecule has 102 valence electrons. The number of hydrogen-bond donors (Lipinski definition) is 1. The molecule has 0 aliphatic heterocycles. The van der Waals surface area contributed by atoms with Gasteiger partial charge in [0.05, 0.1) is 18.8 Å². The topological polar surface area (TPSA) is 34.1 Å². The molecule has 0 amide bonds. The molecule has 1 atom stereocenters. The smallest absolute Gasteiger partial charge is 0.137 e. The first-order valence-electron chi connectivity index (χ1n) is 6.47. The fourth-order valence-electron chi connectivity index (χ4n) is 2.06. The van der Waals surface area contributed by atoms with Gasteiger partial charge in [0.2, 0.25) is 0 Å². The van der Waals surface area contributed by atoms with Crippen molar-refractivity contribution in [1.29, 1.82) is 0 Å². The van der Waals surface area contributed by atoms with Crippen molar-refractivity contribution in [2.24, 2.45) is 0 Å². The number of thiophene rings is 1. The van der Waals surface area contributed by atoms with Crippen LogP contribution in [0.1, 0.15) is 33.8 Å². The van der Waals surface area contributed by atoms with E-state index in [9.17, 15) is 0 Å². The number of aryl methyl sites for hydroxylation is 2. The van der Waals surface area contributed by atoms with E-state index in [1.165, 1.54) is 15.3 Å². The molecule has 4 heteroatoms. The highest BCUT2D eigenvalue weighted by Gasteiger charge is 2.16. The molecule has 3 nitrogen and oxygen atoms in total. The molecular formula is C15H20N2OS. The molecule has 0 fully saturated rings. The van der Waals surface area contributed by atoms with Crippen LogP contribution in [0.2, 0.25) is 0 Å². The first kappa shape index (κ1) is 14.0. The molecule has 0 saturated carbocycles. The fraction of sp³-hybridized carbons (Fsp3) is 0.400. The third-order valence-electron chi connectivity index (χ3n) is 3.14. The largest absolute Gasteiger partial charge is 0.492 e. The van der Waals surface area contributed by atoms with Crippen LogP contribution >= 0.6 is 11.3 Å². The number of pyridine rings is 1. The van der Waals surface area contributed by atoms with Gasteiger partial charge in [-0.2, -0.15) is 0 Å². The number of rotatable bonds is 5. The Kier molecular flexibility index (Phi) is 4.56. The average Bonchev–Trinajstić information content (AvgIpc) is 2.71. The molecule has 19 heavy (non-hydrogen) atoms. The van der Waals surface area contributed by atoms with Gasteiger partial charge in [-0.05, 0) is 51.1 Å². The van der Waals surface area contributed by atoms with Crippen molar-refractivity contribution in [3.05, 3.63) is 45.4 Å². The second-order valence-corrected chi connectivity index (χ2v) is 5.78. The molecule has 0 aliphatic carbocycles. The highest BCUT2D eigenvalue weighted by atomic mass is 32.1. The third-order valence-corrected chi connectivity index (χ3v) is 4.35. The lowest BCUT2D eigenvalue weighted by Gasteiger charge is -2.15. The van der Waals surface area contributed by atoms with Gasteiger partial charge >= 0.3 is 0 Å². The lowest BCUT2D eigenvalue weighted by atomic mass is 10.1. The maximum absolute atomic E-state index is 5.52. The molecule has 2 aromatic rings. The Morgan fingerprint density at radius 1 is 1.32 bits per heavy atom. The number of aromatic nitrogens is 1. The van der Waals surface area contributed by atoms with Gasteiger partial charge < -0.3 is 10.1 Å². The molecule has 0 radical (unpaired) electrons. The van der Waals surface area contributed by atoms with E-state index in [4.69, 9.17) is 4.74 Å². The van der Waals surface area contributed by atoms with Gasteiger partial charge in [-0.3, -0.25) is 4.98 Å². The van der Waals surface area contributed by atoms with Gasteiger partial charge in [-0.25, -0.2) is 0 Å². The van der Waals surface area contributed by atoms with Crippen LogP contribution in [0.4, 0.5) is 0 Å². The van der Waals surface area contributed by atoms with Crippen LogP contribution in [0, 0.1) is 13.8 Å². The summed E-state index contributed by atoms with van der Waals surface area (Å²) < 4.78 is 5.52. The molecular weight excluding hydrogens is 256 g/mol. The number of hydrogen-bond acceptors (Lipinski definition) is 4. The first-order valence-corrected chi connectivity index (χ1v) is 7.29. The van der Waals surface area contributed by atoms with E-state index < -0.39 is 0 Å². The van der Waals surface area contributed by atoms with E-state index in [1.807, 2.05) is 31.5 Å². The highest BCUT2D eigenvalue weighted by Crippen LogP contribution is 2.31. The predicted molar refractivity (Wildman–Crippen MR) is 80.1 cm³/mol. The maximum Gasteiger partial charge on any atom is 0.137 e. The standard InChI is InChI=1S/C15H20N2OS/c1-5-18-13-7-12(8-17-9-13)15(16-4)14-6-10(2)11(3)19-14/h6-9,15-16H,5H2,1-4H3. The molecule has 0 aromatic carbocycles. The molecule has 1 unspecified atom stereocenters. The minimum atomic E-state index is 0.172. The van der Waals surface area contributed by atoms with Crippen molar-refractivity contribution >= 4 is 11.3 Å². The van der Waals surface area contributed by atoms with Crippen molar-refractivity contribution in [3.8, 4) is 5.75 Å². The van der Waals surface area contributed by atoms with Crippen LogP contribution < -0.4 is 10.1 Å². The molecule has 0 aliphatic rings. The van der Waals surface area contributed by atoms with E-state index in [1.54, 1.807) is 6.20 Å². The number of ether oxygens (including phenoxy) is 1. The molecule has 2 rings (SSSR count). The summed E-state index contributed by atoms with van der Waals surface area (Å²) in [5, 5.41) is 3.36. The minimum Gasteiger partial charge on any atom is -0.492 e. The summed E-state index contributed by atoms with van der Waals surface area (Å²) in [4.78, 5) is 6.94. The van der Waals surface area contributed by atoms with E-state index in [2.05, 4.69) is 36.3 Å². The van der Waals surface area contributed by atoms with Crippen LogP contribution in [0.15, 0.2) is 24.5 Å². The zero-order valence-electron chi connectivity index (χ0n) is 11.9. The summed E-state index contributed by atoms with van der Waals surface area (Å²) in [5.41, 5.74) is 2.48. The fourth-order valence-corrected chi connectivity index (χ4v) is 3.24. The minimum absolute atomic E-state index is 0.172. The molecule has 0 bridgehead atoms. The average molecular weight is 276 g/mol. The second kappa shape index (κ2) is 6.17. The lowest BCUT2D eigenvalue weighted by Crippen LogP contribution is -2.16. The van der Waals surface area contributed by atoms with Crippen molar-refractivity contribution in [2.75, 3.05) is 13.7 Å².